The van der Waals surface area contributed by atoms with Crippen molar-refractivity contribution in [2.75, 3.05) is 25.6 Å². The van der Waals surface area contributed by atoms with Crippen LogP contribution in [0.1, 0.15) is 7.43 Å². The molecule has 2 radical (unpaired) electrons. The van der Waals surface area contributed by atoms with Crippen LogP contribution in [0.25, 0.3) is 16.6 Å². The van der Waals surface area contributed by atoms with Gasteiger partial charge in [-0.25, -0.2) is 0 Å². The maximum atomic E-state index is 7.99. The summed E-state index contributed by atoms with van der Waals surface area (Å²) in [5.74, 6) is 5.08. The summed E-state index contributed by atoms with van der Waals surface area (Å²) in [5.41, 5.74) is 7.99. The van der Waals surface area contributed by atoms with Gasteiger partial charge in [0.1, 0.15) is 43.6 Å². The molecule has 0 fully saturated rings. The molecule has 21 N–H and O–H groups in total. The molecule has 1 unspecified atom stereocenters. The van der Waals surface area contributed by atoms with E-state index in [2.05, 4.69) is 99.8 Å². The first-order valence-corrected chi connectivity index (χ1v) is 88.0. The standard InChI is InChI=1S/C6H19NSi2.2C3H10Cl3NSi2.CH8BN3Si3.CH4Cl3NSi.4CH5ClSi.CH4.CH3.B3H8N7Si3.BCl3.Cl4Si.ClH.2N2.2H3N.H2N/c1-8(2)6-7-9(3,4)5;2*1-8(2)3-7-9(4,5)6;1-7-8(2,6)5-4-3;1-5-6(2,3)4;4*1-3-2;;;4-1-11(10-7)13(2-5,3-6)12(8)9;2-1(3)4;1-5(2,3)4;;2*1-2;;;/h7-8H,6H2,1-5H3;2*7-8H,3H2,1-2H3;7H2,1,6H3;5H,1H3;4*3H2,1H3;1H4;1H3;4-6,8H,7,9H2;;;1H;;;2*1H3;1H2/q;;;;;;;;;;+1;;;;;;;;;-1/p+1/b;;;;;;;;;;;11-10+,12-8?;;;;;;;;. The van der Waals surface area contributed by atoms with Gasteiger partial charge in [0.2, 0.25) is 0 Å². The van der Waals surface area contributed by atoms with Crippen LogP contribution in [0.5, 0.6) is 0 Å². The zero-order valence-electron chi connectivity index (χ0n) is 50.8. The molecule has 65 heteroatoms. The second-order valence-corrected chi connectivity index (χ2v) is 110. The molecular weight excluding hydrogens is 1840 g/mol. The third-order valence-corrected chi connectivity index (χ3v) is 46.1. The second-order valence-electron chi connectivity index (χ2n) is 15.2. The Morgan fingerprint density at radius 1 is 0.682 bits per heavy atom. The summed E-state index contributed by atoms with van der Waals surface area (Å²) in [7, 11) is -0.446. The van der Waals surface area contributed by atoms with Crippen LogP contribution < -0.4 is 43.5 Å². The summed E-state index contributed by atoms with van der Waals surface area (Å²) in [5, 5.41) is 55.7. The summed E-state index contributed by atoms with van der Waals surface area (Å²) in [6.07, 6.45) is -4.35. The largest absolute Gasteiger partial charge is 0.693 e. The predicted molar refractivity (Wildman–Crippen MR) is 461 cm³/mol. The van der Waals surface area contributed by atoms with Gasteiger partial charge in [-0.2, -0.15) is 78.7 Å². The number of hydrogen-bond donors (Lipinski definition) is 12. The van der Waals surface area contributed by atoms with Crippen LogP contribution in [0.3, 0.4) is 0 Å². The molecule has 0 saturated heterocycles. The van der Waals surface area contributed by atoms with Crippen molar-refractivity contribution in [2.45, 2.75) is 99.1 Å². The molecule has 0 aromatic rings. The average molecular weight is 1940 g/mol. The molecule has 0 spiro atoms. The third kappa shape index (κ3) is 222. The van der Waals surface area contributed by atoms with Crippen molar-refractivity contribution >= 4 is 410 Å². The summed E-state index contributed by atoms with van der Waals surface area (Å²) in [6.45, 7) is 31.3. The van der Waals surface area contributed by atoms with Crippen molar-refractivity contribution in [2.24, 2.45) is 20.8 Å². The van der Waals surface area contributed by atoms with Gasteiger partial charge in [0.15, 0.2) is 0 Å². The molecule has 0 saturated carbocycles. The van der Waals surface area contributed by atoms with Gasteiger partial charge in [0.05, 0.1) is 14.6 Å². The fourth-order valence-corrected chi connectivity index (χ4v) is 25.9. The molecule has 0 amide bonds. The summed E-state index contributed by atoms with van der Waals surface area (Å²) >= 11 is 104. The van der Waals surface area contributed by atoms with E-state index in [0.29, 0.717) is 0 Å². The molecule has 0 aromatic carbocycles. The van der Waals surface area contributed by atoms with Gasteiger partial charge in [0, 0.05) is 64.4 Å². The molecule has 85 heavy (non-hydrogen) atoms. The number of halogens is 21. The summed E-state index contributed by atoms with van der Waals surface area (Å²) in [6, 6.07) is 0. The average Bonchev–Trinajstić information content (AvgIpc) is 3.28. The van der Waals surface area contributed by atoms with Crippen LogP contribution in [-0.2, 0) is 0 Å². The van der Waals surface area contributed by atoms with E-state index >= 15 is 0 Å². The van der Waals surface area contributed by atoms with Gasteiger partial charge in [0.25, 0.3) is 0 Å². The van der Waals surface area contributed by atoms with E-state index in [-0.39, 0.29) is 98.9 Å². The van der Waals surface area contributed by atoms with Crippen LogP contribution in [0, 0.1) is 50.0 Å². The monoisotopic (exact) mass is 1920 g/mol. The molecule has 21 nitrogen and oxygen atoms in total. The van der Waals surface area contributed by atoms with E-state index in [1.54, 1.807) is 7.05 Å². The maximum Gasteiger partial charge on any atom is 0.0832 e. The van der Waals surface area contributed by atoms with E-state index in [9.17, 15) is 0 Å². The van der Waals surface area contributed by atoms with Gasteiger partial charge in [-0.05, 0) is 45.8 Å². The SMILES string of the molecule is C.CN[Si](Cl)(Cl)Cl.C[SiH2]Cl.C[SiH2]Cl.C[SiH2]Cl.C[SiH2]Cl.C[SiH](C)CN[Si](C)(C)C.C[SiH](C)CN[Si](Cl)(Cl)Cl.C[SiH](C)CN[Si](Cl)(Cl)Cl.Cl.ClB(Cl)Cl.Cl[Si](Cl)(Cl)Cl.N.N#N.N#N.N=B/[Si](=N\N)[Si](B=N)(B=N)[Si](=N)N.[B][Si]([SiH3])(N=[N+]=[N-])[SiH2]C.[CH3+].[NH2-].[NH4+]. The number of quaternary nitrogens is 1. The second kappa shape index (κ2) is 102. The number of azide groups is 1. The van der Waals surface area contributed by atoms with Crippen molar-refractivity contribution in [1.82, 2.24) is 32.2 Å². The fourth-order valence-electron chi connectivity index (χ4n) is 2.07. The number of rotatable bonds is 17. The predicted octanol–water partition coefficient (Wildman–Crippen LogP) is 11.0. The summed E-state index contributed by atoms with van der Waals surface area (Å²) in [4.78, 5) is 14.0. The zero-order valence-corrected chi connectivity index (χ0v) is 88.2. The van der Waals surface area contributed by atoms with Gasteiger partial charge in [-0.3, -0.25) is 0 Å². The maximum absolute atomic E-state index is 7.99. The Hall–Kier alpha value is 6.66. The Morgan fingerprint density at radius 2 is 0.882 bits per heavy atom. The number of nitrogens with zero attached hydrogens (tertiary/aromatic N) is 8. The van der Waals surface area contributed by atoms with Crippen LogP contribution in [0.15, 0.2) is 9.52 Å². The van der Waals surface area contributed by atoms with Crippen LogP contribution in [-0.4, -0.2) is 201 Å². The van der Waals surface area contributed by atoms with Crippen molar-refractivity contribution < 1.29 is 0 Å². The molecule has 0 rings (SSSR count). The topological polar surface area (TPSA) is 457 Å². The van der Waals surface area contributed by atoms with E-state index in [1.165, 1.54) is 6.17 Å². The molecule has 0 aromatic heterocycles. The van der Waals surface area contributed by atoms with Crippen LogP contribution in [0.2, 0.25) is 91.7 Å². The number of nitrogens with one attached hydrogen (secondary N) is 8. The Kier molecular flexibility index (Phi) is 176. The smallest absolute Gasteiger partial charge is 0.0832 e. The van der Waals surface area contributed by atoms with Crippen LogP contribution in [0.4, 0.5) is 0 Å². The van der Waals surface area contributed by atoms with Crippen LogP contribution >= 0.6 is 235 Å². The number of nitrogens with two attached hydrogens (primary N) is 3. The van der Waals surface area contributed by atoms with E-state index in [4.69, 9.17) is 289 Å². The molecule has 0 heterocycles. The van der Waals surface area contributed by atoms with E-state index in [0.717, 1.165) is 42.1 Å². The molecule has 514 valence electrons. The Morgan fingerprint density at radius 3 is 0.929 bits per heavy atom. The van der Waals surface area contributed by atoms with Gasteiger partial charge in [-0.15, -0.1) is 161 Å². The molecule has 0 aliphatic carbocycles. The van der Waals surface area contributed by atoms with Crippen molar-refractivity contribution in [3.8, 4) is 0 Å². The third-order valence-electron chi connectivity index (χ3n) is 5.34. The molecule has 1 atom stereocenters. The molecular formula is C20H96B5Cl21N21Si18+. The van der Waals surface area contributed by atoms with Crippen molar-refractivity contribution in [3.63, 3.8) is 0 Å². The first-order valence-electron chi connectivity index (χ1n) is 21.9. The Balaban J connectivity index is -0.0000000305. The zero-order chi connectivity index (χ0) is 67.7. The van der Waals surface area contributed by atoms with Gasteiger partial charge >= 0.3 is 109 Å². The minimum absolute atomic E-state index is 0. The van der Waals surface area contributed by atoms with Crippen molar-refractivity contribution in [3.05, 3.63) is 24.0 Å². The summed E-state index contributed by atoms with van der Waals surface area (Å²) < 4.78 is 7.08. The van der Waals surface area contributed by atoms with E-state index in [1.807, 2.05) is 26.2 Å². The fraction of sp³-hybridized carbons (Fsp3) is 0.950. The minimum Gasteiger partial charge on any atom is -0.693 e. The molecule has 0 aliphatic rings. The Bertz CT molecular complexity index is 1380. The number of hydrogen-bond acceptors (Lipinski definition) is 16. The Labute approximate surface area is 645 Å². The normalized spacial score (nSPS) is 11.3. The van der Waals surface area contributed by atoms with Gasteiger partial charge in [-0.1, -0.05) is 99.1 Å². The quantitative estimate of drug-likeness (QED) is 0.00747. The van der Waals surface area contributed by atoms with E-state index < -0.39 is 84.8 Å². The van der Waals surface area contributed by atoms with Gasteiger partial charge < -0.3 is 38.4 Å². The minimum atomic E-state index is -2.75. The van der Waals surface area contributed by atoms with Crippen molar-refractivity contribution in [1.29, 1.82) is 42.6 Å². The first kappa shape index (κ1) is 147. The molecule has 0 aliphatic heterocycles. The first-order chi connectivity index (χ1) is 35.4. The molecule has 0 bridgehead atoms.